The molecule has 0 saturated heterocycles. The molecule has 9 heteroatoms. The minimum Gasteiger partial charge on any atom is -0.465 e. The van der Waals surface area contributed by atoms with Crippen molar-refractivity contribution in [3.8, 4) is 0 Å². The first-order valence-electron chi connectivity index (χ1n) is 10.3. The van der Waals surface area contributed by atoms with Crippen LogP contribution in [0.15, 0.2) is 29.2 Å². The van der Waals surface area contributed by atoms with Crippen LogP contribution in [0.2, 0.25) is 0 Å². The van der Waals surface area contributed by atoms with Crippen molar-refractivity contribution in [3.63, 3.8) is 0 Å². The van der Waals surface area contributed by atoms with Crippen LogP contribution in [-0.4, -0.2) is 76.0 Å². The van der Waals surface area contributed by atoms with E-state index in [4.69, 9.17) is 9.47 Å². The predicted molar refractivity (Wildman–Crippen MR) is 113 cm³/mol. The average Bonchev–Trinajstić information content (AvgIpc) is 2.76. The van der Waals surface area contributed by atoms with E-state index in [1.807, 2.05) is 0 Å². The Kier molecular flexibility index (Phi) is 9.26. The molecule has 1 aliphatic carbocycles. The van der Waals surface area contributed by atoms with Gasteiger partial charge in [0.25, 0.3) is 5.91 Å². The molecule has 1 saturated carbocycles. The Hall–Kier alpha value is -1.97. The molecule has 1 aromatic carbocycles. The number of hydrogen-bond donors (Lipinski definition) is 0. The zero-order valence-electron chi connectivity index (χ0n) is 18.0. The molecule has 0 aliphatic heterocycles. The van der Waals surface area contributed by atoms with E-state index in [1.165, 1.54) is 28.4 Å². The van der Waals surface area contributed by atoms with E-state index in [9.17, 15) is 18.0 Å². The lowest BCUT2D eigenvalue weighted by atomic mass is 9.96. The highest BCUT2D eigenvalue weighted by Crippen LogP contribution is 2.27. The van der Waals surface area contributed by atoms with Gasteiger partial charge in [0.2, 0.25) is 10.0 Å². The minimum atomic E-state index is -3.72. The number of amides is 1. The SMILES string of the molecule is CCOC(=O)CN(CCOC)C(=O)c1cccc(S(=O)(=O)N(C)C2CCCCC2)c1. The third kappa shape index (κ3) is 6.26. The molecule has 1 aromatic rings. The molecule has 0 atom stereocenters. The number of carbonyl (C=O) groups is 2. The van der Waals surface area contributed by atoms with Crippen LogP contribution in [0.3, 0.4) is 0 Å². The minimum absolute atomic E-state index is 0.0230. The molecule has 2 rings (SSSR count). The van der Waals surface area contributed by atoms with E-state index in [-0.39, 0.29) is 42.8 Å². The number of methoxy groups -OCH3 is 1. The second-order valence-corrected chi connectivity index (χ2v) is 9.36. The zero-order valence-corrected chi connectivity index (χ0v) is 18.8. The first-order valence-corrected chi connectivity index (χ1v) is 11.8. The van der Waals surface area contributed by atoms with Crippen molar-refractivity contribution in [2.45, 2.75) is 50.0 Å². The van der Waals surface area contributed by atoms with Crippen LogP contribution >= 0.6 is 0 Å². The summed E-state index contributed by atoms with van der Waals surface area (Å²) in [6.45, 7) is 2.11. The molecule has 0 aromatic heterocycles. The van der Waals surface area contributed by atoms with Crippen molar-refractivity contribution < 1.29 is 27.5 Å². The van der Waals surface area contributed by atoms with Gasteiger partial charge in [0.15, 0.2) is 0 Å². The van der Waals surface area contributed by atoms with Gasteiger partial charge in [0.05, 0.1) is 18.1 Å². The van der Waals surface area contributed by atoms with Crippen LogP contribution < -0.4 is 0 Å². The number of nitrogens with zero attached hydrogens (tertiary/aromatic N) is 2. The number of carbonyl (C=O) groups excluding carboxylic acids is 2. The van der Waals surface area contributed by atoms with Gasteiger partial charge in [0.1, 0.15) is 6.54 Å². The fourth-order valence-corrected chi connectivity index (χ4v) is 5.06. The van der Waals surface area contributed by atoms with Gasteiger partial charge in [-0.3, -0.25) is 9.59 Å². The highest BCUT2D eigenvalue weighted by atomic mass is 32.2. The normalized spacial score (nSPS) is 15.2. The molecule has 0 N–H and O–H groups in total. The Morgan fingerprint density at radius 3 is 2.50 bits per heavy atom. The van der Waals surface area contributed by atoms with Crippen molar-refractivity contribution in [2.24, 2.45) is 0 Å². The van der Waals surface area contributed by atoms with Gasteiger partial charge in [-0.2, -0.15) is 4.31 Å². The molecule has 0 spiro atoms. The van der Waals surface area contributed by atoms with Crippen LogP contribution in [0.4, 0.5) is 0 Å². The molecule has 0 radical (unpaired) electrons. The van der Waals surface area contributed by atoms with Gasteiger partial charge in [0, 0.05) is 32.3 Å². The van der Waals surface area contributed by atoms with E-state index < -0.39 is 21.9 Å². The lowest BCUT2D eigenvalue weighted by Gasteiger charge is -2.30. The zero-order chi connectivity index (χ0) is 22.1. The second-order valence-electron chi connectivity index (χ2n) is 7.37. The summed E-state index contributed by atoms with van der Waals surface area (Å²) in [5, 5.41) is 0. The van der Waals surface area contributed by atoms with Gasteiger partial charge >= 0.3 is 5.97 Å². The van der Waals surface area contributed by atoms with Gasteiger partial charge in [-0.05, 0) is 38.0 Å². The Morgan fingerprint density at radius 1 is 1.17 bits per heavy atom. The lowest BCUT2D eigenvalue weighted by Crippen LogP contribution is -2.39. The maximum absolute atomic E-state index is 13.1. The smallest absolute Gasteiger partial charge is 0.325 e. The quantitative estimate of drug-likeness (QED) is 0.518. The number of sulfonamides is 1. The van der Waals surface area contributed by atoms with Crippen molar-refractivity contribution in [1.82, 2.24) is 9.21 Å². The third-order valence-corrected chi connectivity index (χ3v) is 7.23. The summed E-state index contributed by atoms with van der Waals surface area (Å²) in [5.41, 5.74) is 0.202. The van der Waals surface area contributed by atoms with Crippen molar-refractivity contribution in [2.75, 3.05) is 40.5 Å². The number of esters is 1. The fourth-order valence-electron chi connectivity index (χ4n) is 3.60. The van der Waals surface area contributed by atoms with Crippen LogP contribution in [-0.2, 0) is 24.3 Å². The van der Waals surface area contributed by atoms with Crippen molar-refractivity contribution in [1.29, 1.82) is 0 Å². The fraction of sp³-hybridized carbons (Fsp3) is 0.619. The second kappa shape index (κ2) is 11.4. The monoisotopic (exact) mass is 440 g/mol. The average molecular weight is 441 g/mol. The van der Waals surface area contributed by atoms with Crippen LogP contribution in [0, 0.1) is 0 Å². The highest BCUT2D eigenvalue weighted by Gasteiger charge is 2.30. The topological polar surface area (TPSA) is 93.2 Å². The maximum Gasteiger partial charge on any atom is 0.325 e. The van der Waals surface area contributed by atoms with E-state index in [2.05, 4.69) is 0 Å². The molecular weight excluding hydrogens is 408 g/mol. The Labute approximate surface area is 179 Å². The molecule has 1 fully saturated rings. The number of ether oxygens (including phenoxy) is 2. The predicted octanol–water partition coefficient (Wildman–Crippen LogP) is 2.29. The van der Waals surface area contributed by atoms with Gasteiger partial charge < -0.3 is 14.4 Å². The Balaban J connectivity index is 2.24. The van der Waals surface area contributed by atoms with E-state index in [0.29, 0.717) is 0 Å². The number of rotatable bonds is 10. The highest BCUT2D eigenvalue weighted by molar-refractivity contribution is 7.89. The summed E-state index contributed by atoms with van der Waals surface area (Å²) in [5.74, 6) is -0.972. The summed E-state index contributed by atoms with van der Waals surface area (Å²) in [6.07, 6.45) is 4.86. The molecule has 0 heterocycles. The van der Waals surface area contributed by atoms with Crippen LogP contribution in [0.1, 0.15) is 49.4 Å². The van der Waals surface area contributed by atoms with Gasteiger partial charge in [-0.15, -0.1) is 0 Å². The first-order chi connectivity index (χ1) is 14.3. The van der Waals surface area contributed by atoms with Gasteiger partial charge in [-0.1, -0.05) is 25.3 Å². The Morgan fingerprint density at radius 2 is 1.87 bits per heavy atom. The lowest BCUT2D eigenvalue weighted by molar-refractivity contribution is -0.143. The number of benzene rings is 1. The van der Waals surface area contributed by atoms with Crippen molar-refractivity contribution in [3.05, 3.63) is 29.8 Å². The van der Waals surface area contributed by atoms with E-state index in [1.54, 1.807) is 26.1 Å². The summed E-state index contributed by atoms with van der Waals surface area (Å²) in [4.78, 5) is 26.3. The van der Waals surface area contributed by atoms with Crippen LogP contribution in [0.25, 0.3) is 0 Å². The van der Waals surface area contributed by atoms with Crippen LogP contribution in [0.5, 0.6) is 0 Å². The first kappa shape index (κ1) is 24.3. The summed E-state index contributed by atoms with van der Waals surface area (Å²) >= 11 is 0. The molecule has 1 amide bonds. The van der Waals surface area contributed by atoms with Crippen molar-refractivity contribution >= 4 is 21.9 Å². The molecule has 8 nitrogen and oxygen atoms in total. The Bertz CT molecular complexity index is 821. The summed E-state index contributed by atoms with van der Waals surface area (Å²) in [6, 6.07) is 5.95. The number of hydrogen-bond acceptors (Lipinski definition) is 6. The van der Waals surface area contributed by atoms with E-state index >= 15 is 0 Å². The summed E-state index contributed by atoms with van der Waals surface area (Å²) < 4.78 is 37.6. The summed E-state index contributed by atoms with van der Waals surface area (Å²) in [7, 11) is -0.619. The maximum atomic E-state index is 13.1. The molecule has 0 bridgehead atoms. The third-order valence-electron chi connectivity index (χ3n) is 5.32. The van der Waals surface area contributed by atoms with Gasteiger partial charge in [-0.25, -0.2) is 8.42 Å². The standard InChI is InChI=1S/C21H32N2O6S/c1-4-29-20(24)16-23(13-14-28-3)21(25)17-9-8-12-19(15-17)30(26,27)22(2)18-10-6-5-7-11-18/h8-9,12,15,18H,4-7,10-11,13-14,16H2,1-3H3. The molecular formula is C21H32N2O6S. The molecule has 30 heavy (non-hydrogen) atoms. The molecule has 1 aliphatic rings. The largest absolute Gasteiger partial charge is 0.465 e. The van der Waals surface area contributed by atoms with E-state index in [0.717, 1.165) is 32.1 Å². The molecule has 0 unspecified atom stereocenters. The molecule has 168 valence electrons.